The summed E-state index contributed by atoms with van der Waals surface area (Å²) in [6.45, 7) is 0. The highest BCUT2D eigenvalue weighted by Gasteiger charge is 2.14. The molecule has 0 heterocycles. The smallest absolute Gasteiger partial charge is 0.273 e. The van der Waals surface area contributed by atoms with Gasteiger partial charge in [-0.2, -0.15) is 0 Å². The second-order valence-corrected chi connectivity index (χ2v) is 6.49. The van der Waals surface area contributed by atoms with Gasteiger partial charge in [0.25, 0.3) is 11.6 Å². The van der Waals surface area contributed by atoms with E-state index in [9.17, 15) is 20.0 Å². The molecule has 0 aromatic heterocycles. The Morgan fingerprint density at radius 3 is 2.43 bits per heavy atom. The Balaban J connectivity index is 1.68. The summed E-state index contributed by atoms with van der Waals surface area (Å²) in [7, 11) is 0. The van der Waals surface area contributed by atoms with Crippen molar-refractivity contribution in [3.05, 3.63) is 75.3 Å². The van der Waals surface area contributed by atoms with Gasteiger partial charge in [0.2, 0.25) is 0 Å². The van der Waals surface area contributed by atoms with Crippen LogP contribution in [0, 0.1) is 10.1 Å². The van der Waals surface area contributed by atoms with E-state index in [0.717, 1.165) is 10.8 Å². The number of nitrogens with zero attached hydrogens (tertiary/aromatic N) is 1. The van der Waals surface area contributed by atoms with Crippen molar-refractivity contribution in [2.24, 2.45) is 0 Å². The number of anilines is 1. The van der Waals surface area contributed by atoms with Crippen molar-refractivity contribution in [1.29, 1.82) is 0 Å². The van der Waals surface area contributed by atoms with Crippen molar-refractivity contribution < 1.29 is 14.8 Å². The number of rotatable bonds is 3. The first-order valence-corrected chi connectivity index (χ1v) is 8.67. The molecule has 0 fully saturated rings. The molecule has 3 rings (SSSR count). The standard InChI is InChI=1S/C18H13ClN4O4S/c19-14-6-5-12(23(26)27)9-15(14)20-18(28)22-21-17(25)13-7-10-3-1-2-4-11(10)8-16(13)24/h1-9,24H,(H,21,25)(H2,20,22,28). The van der Waals surface area contributed by atoms with Crippen LogP contribution in [0.25, 0.3) is 10.8 Å². The van der Waals surface area contributed by atoms with Crippen molar-refractivity contribution in [1.82, 2.24) is 10.9 Å². The first-order chi connectivity index (χ1) is 13.3. The molecule has 142 valence electrons. The second kappa shape index (κ2) is 8.07. The van der Waals surface area contributed by atoms with Crippen LogP contribution in [0.2, 0.25) is 5.02 Å². The molecule has 0 aliphatic heterocycles. The number of amides is 1. The maximum absolute atomic E-state index is 12.3. The lowest BCUT2D eigenvalue weighted by atomic mass is 10.1. The van der Waals surface area contributed by atoms with Crippen LogP contribution in [0.5, 0.6) is 5.75 Å². The van der Waals surface area contributed by atoms with E-state index in [1.807, 2.05) is 24.3 Å². The predicted molar refractivity (Wildman–Crippen MR) is 111 cm³/mol. The molecule has 8 nitrogen and oxygen atoms in total. The summed E-state index contributed by atoms with van der Waals surface area (Å²) in [4.78, 5) is 22.6. The van der Waals surface area contributed by atoms with Crippen LogP contribution in [0.15, 0.2) is 54.6 Å². The molecule has 0 aliphatic carbocycles. The fourth-order valence-electron chi connectivity index (χ4n) is 2.47. The number of benzene rings is 3. The Kier molecular flexibility index (Phi) is 5.57. The van der Waals surface area contributed by atoms with E-state index in [1.165, 1.54) is 24.3 Å². The number of halogens is 1. The minimum absolute atomic E-state index is 0.0453. The fourth-order valence-corrected chi connectivity index (χ4v) is 2.79. The third kappa shape index (κ3) is 4.27. The molecule has 0 spiro atoms. The topological polar surface area (TPSA) is 117 Å². The largest absolute Gasteiger partial charge is 0.507 e. The number of nitro groups is 1. The van der Waals surface area contributed by atoms with E-state index in [2.05, 4.69) is 16.2 Å². The average molecular weight is 417 g/mol. The summed E-state index contributed by atoms with van der Waals surface area (Å²) in [6, 6.07) is 14.1. The van der Waals surface area contributed by atoms with Gasteiger partial charge in [-0.25, -0.2) is 0 Å². The zero-order chi connectivity index (χ0) is 20.3. The quantitative estimate of drug-likeness (QED) is 0.292. The molecule has 1 amide bonds. The van der Waals surface area contributed by atoms with Crippen LogP contribution in [0.3, 0.4) is 0 Å². The fraction of sp³-hybridized carbons (Fsp3) is 0. The number of thiocarbonyl (C=S) groups is 1. The number of phenols is 1. The van der Waals surface area contributed by atoms with Crippen LogP contribution in [0.1, 0.15) is 10.4 Å². The van der Waals surface area contributed by atoms with Gasteiger partial charge in [-0.3, -0.25) is 25.8 Å². The Hall–Kier alpha value is -3.43. The number of fused-ring (bicyclic) bond motifs is 1. The molecule has 28 heavy (non-hydrogen) atoms. The number of hydrazine groups is 1. The normalized spacial score (nSPS) is 10.3. The third-order valence-corrected chi connectivity index (χ3v) is 4.34. The van der Waals surface area contributed by atoms with Gasteiger partial charge in [-0.1, -0.05) is 35.9 Å². The molecule has 0 saturated heterocycles. The molecule has 4 N–H and O–H groups in total. The third-order valence-electron chi connectivity index (χ3n) is 3.81. The molecule has 3 aromatic rings. The van der Waals surface area contributed by atoms with Gasteiger partial charge in [0.1, 0.15) is 5.75 Å². The van der Waals surface area contributed by atoms with E-state index in [4.69, 9.17) is 23.8 Å². The molecule has 0 radical (unpaired) electrons. The predicted octanol–water partition coefficient (Wildman–Crippen LogP) is 3.74. The summed E-state index contributed by atoms with van der Waals surface area (Å²) in [6.07, 6.45) is 0. The first-order valence-electron chi connectivity index (χ1n) is 7.88. The number of carbonyl (C=O) groups is 1. The Morgan fingerprint density at radius 2 is 1.75 bits per heavy atom. The number of nitro benzene ring substituents is 1. The Morgan fingerprint density at radius 1 is 1.07 bits per heavy atom. The lowest BCUT2D eigenvalue weighted by Crippen LogP contribution is -2.43. The van der Waals surface area contributed by atoms with Crippen LogP contribution in [0.4, 0.5) is 11.4 Å². The average Bonchev–Trinajstić information content (AvgIpc) is 2.67. The van der Waals surface area contributed by atoms with Crippen LogP contribution in [-0.2, 0) is 0 Å². The zero-order valence-electron chi connectivity index (χ0n) is 14.1. The van der Waals surface area contributed by atoms with Gasteiger partial charge in [0.05, 0.1) is 21.2 Å². The number of nitrogens with one attached hydrogen (secondary N) is 3. The maximum Gasteiger partial charge on any atom is 0.273 e. The number of hydrogen-bond donors (Lipinski definition) is 4. The minimum atomic E-state index is -0.613. The van der Waals surface area contributed by atoms with Crippen LogP contribution in [-0.4, -0.2) is 21.0 Å². The molecule has 0 unspecified atom stereocenters. The lowest BCUT2D eigenvalue weighted by Gasteiger charge is -2.13. The lowest BCUT2D eigenvalue weighted by molar-refractivity contribution is -0.384. The maximum atomic E-state index is 12.3. The van der Waals surface area contributed by atoms with E-state index in [0.29, 0.717) is 0 Å². The molecule has 0 atom stereocenters. The summed E-state index contributed by atoms with van der Waals surface area (Å²) >= 11 is 11.0. The summed E-state index contributed by atoms with van der Waals surface area (Å²) in [5.74, 6) is -0.795. The van der Waals surface area contributed by atoms with Crippen LogP contribution < -0.4 is 16.2 Å². The number of carbonyl (C=O) groups excluding carboxylic acids is 1. The molecule has 3 aromatic carbocycles. The highest BCUT2D eigenvalue weighted by atomic mass is 35.5. The van der Waals surface area contributed by atoms with Gasteiger partial charge in [0.15, 0.2) is 5.11 Å². The van der Waals surface area contributed by atoms with Gasteiger partial charge in [0, 0.05) is 12.1 Å². The SMILES string of the molecule is O=C(NNC(=S)Nc1cc([N+](=O)[O-])ccc1Cl)c1cc2ccccc2cc1O. The van der Waals surface area contributed by atoms with E-state index in [-0.39, 0.29) is 32.8 Å². The summed E-state index contributed by atoms with van der Waals surface area (Å²) in [5, 5.41) is 25.3. The second-order valence-electron chi connectivity index (χ2n) is 5.67. The van der Waals surface area contributed by atoms with Crippen molar-refractivity contribution in [3.8, 4) is 5.75 Å². The van der Waals surface area contributed by atoms with Crippen LogP contribution >= 0.6 is 23.8 Å². The molecular weight excluding hydrogens is 404 g/mol. The van der Waals surface area contributed by atoms with E-state index >= 15 is 0 Å². The van der Waals surface area contributed by atoms with E-state index < -0.39 is 10.8 Å². The molecule has 0 bridgehead atoms. The Bertz CT molecular complexity index is 1110. The zero-order valence-corrected chi connectivity index (χ0v) is 15.7. The molecule has 10 heteroatoms. The molecular formula is C18H13ClN4O4S. The van der Waals surface area contributed by atoms with E-state index in [1.54, 1.807) is 6.07 Å². The highest BCUT2D eigenvalue weighted by Crippen LogP contribution is 2.27. The Labute approximate surface area is 169 Å². The summed E-state index contributed by atoms with van der Waals surface area (Å²) < 4.78 is 0. The van der Waals surface area contributed by atoms with Gasteiger partial charge in [-0.15, -0.1) is 0 Å². The molecule has 0 saturated carbocycles. The van der Waals surface area contributed by atoms with Crippen molar-refractivity contribution in [3.63, 3.8) is 0 Å². The highest BCUT2D eigenvalue weighted by molar-refractivity contribution is 7.80. The number of hydrogen-bond acceptors (Lipinski definition) is 5. The summed E-state index contributed by atoms with van der Waals surface area (Å²) in [5.41, 5.74) is 4.91. The van der Waals surface area contributed by atoms with Gasteiger partial charge in [-0.05, 0) is 41.2 Å². The van der Waals surface area contributed by atoms with Crippen molar-refractivity contribution in [2.45, 2.75) is 0 Å². The minimum Gasteiger partial charge on any atom is -0.507 e. The van der Waals surface area contributed by atoms with Crippen molar-refractivity contribution in [2.75, 3.05) is 5.32 Å². The van der Waals surface area contributed by atoms with Gasteiger partial charge < -0.3 is 10.4 Å². The van der Waals surface area contributed by atoms with Crippen molar-refractivity contribution >= 4 is 57.0 Å². The number of non-ortho nitro benzene ring substituents is 1. The first kappa shape index (κ1) is 19.3. The monoisotopic (exact) mass is 416 g/mol. The molecule has 0 aliphatic rings. The van der Waals surface area contributed by atoms with Gasteiger partial charge >= 0.3 is 0 Å². The number of phenolic OH excluding ortho intramolecular Hbond substituents is 1. The number of aromatic hydroxyl groups is 1.